The summed E-state index contributed by atoms with van der Waals surface area (Å²) < 4.78 is 1.88. The van der Waals surface area contributed by atoms with E-state index in [9.17, 15) is 4.79 Å². The summed E-state index contributed by atoms with van der Waals surface area (Å²) in [6, 6.07) is 17.7. The van der Waals surface area contributed by atoms with E-state index in [0.29, 0.717) is 6.54 Å². The van der Waals surface area contributed by atoms with Crippen LogP contribution in [-0.4, -0.2) is 26.8 Å². The maximum atomic E-state index is 12.3. The largest absolute Gasteiger partial charge is 0.335 e. The first kappa shape index (κ1) is 17.7. The van der Waals surface area contributed by atoms with E-state index < -0.39 is 0 Å². The van der Waals surface area contributed by atoms with Crippen LogP contribution in [0.1, 0.15) is 30.9 Å². The van der Waals surface area contributed by atoms with Crippen molar-refractivity contribution in [3.63, 3.8) is 0 Å². The fourth-order valence-corrected chi connectivity index (χ4v) is 2.81. The standard InChI is InChI=1S/C20H23N5O/c1-15(18-8-4-3-5-9-18)16(2)23-20(26)24-19-10-6-7-17(11-19)12-25-13-21-22-14-25/h3-11,13-16H,12H2,1-2H3,(H2,23,24,26)/t15-,16+/m0/s1. The van der Waals surface area contributed by atoms with Crippen LogP contribution in [0.5, 0.6) is 0 Å². The van der Waals surface area contributed by atoms with Gasteiger partial charge < -0.3 is 15.2 Å². The van der Waals surface area contributed by atoms with Crippen LogP contribution >= 0.6 is 0 Å². The SMILES string of the molecule is C[C@H](c1ccccc1)[C@@H](C)NC(=O)Nc1cccc(Cn2cnnc2)c1. The first-order valence-electron chi connectivity index (χ1n) is 8.65. The smallest absolute Gasteiger partial charge is 0.319 e. The molecular formula is C20H23N5O. The van der Waals surface area contributed by atoms with E-state index in [1.807, 2.05) is 54.0 Å². The highest BCUT2D eigenvalue weighted by Crippen LogP contribution is 2.19. The molecule has 0 saturated carbocycles. The number of rotatable bonds is 6. The minimum atomic E-state index is -0.207. The van der Waals surface area contributed by atoms with Gasteiger partial charge in [0, 0.05) is 17.6 Å². The molecule has 0 saturated heterocycles. The Morgan fingerprint density at radius 2 is 1.77 bits per heavy atom. The predicted octanol–water partition coefficient (Wildman–Crippen LogP) is 3.64. The van der Waals surface area contributed by atoms with Gasteiger partial charge in [-0.3, -0.25) is 0 Å². The molecule has 0 aliphatic heterocycles. The van der Waals surface area contributed by atoms with Gasteiger partial charge in [-0.25, -0.2) is 4.79 Å². The second kappa shape index (κ2) is 8.29. The van der Waals surface area contributed by atoms with Crippen molar-refractivity contribution in [1.29, 1.82) is 0 Å². The monoisotopic (exact) mass is 349 g/mol. The molecule has 0 spiro atoms. The number of urea groups is 1. The number of anilines is 1. The van der Waals surface area contributed by atoms with Crippen LogP contribution in [0.15, 0.2) is 67.3 Å². The second-order valence-electron chi connectivity index (χ2n) is 6.42. The van der Waals surface area contributed by atoms with Crippen molar-refractivity contribution in [2.45, 2.75) is 32.4 Å². The van der Waals surface area contributed by atoms with Crippen LogP contribution in [0, 0.1) is 0 Å². The van der Waals surface area contributed by atoms with Gasteiger partial charge in [0.1, 0.15) is 12.7 Å². The Morgan fingerprint density at radius 3 is 2.50 bits per heavy atom. The zero-order valence-corrected chi connectivity index (χ0v) is 15.0. The third-order valence-electron chi connectivity index (χ3n) is 4.45. The highest BCUT2D eigenvalue weighted by molar-refractivity contribution is 5.89. The summed E-state index contributed by atoms with van der Waals surface area (Å²) in [6.07, 6.45) is 3.33. The third kappa shape index (κ3) is 4.69. The summed E-state index contributed by atoms with van der Waals surface area (Å²) in [5, 5.41) is 13.5. The van der Waals surface area contributed by atoms with Gasteiger partial charge in [-0.2, -0.15) is 0 Å². The molecule has 6 heteroatoms. The predicted molar refractivity (Wildman–Crippen MR) is 102 cm³/mol. The number of hydrogen-bond donors (Lipinski definition) is 2. The lowest BCUT2D eigenvalue weighted by Crippen LogP contribution is -2.39. The normalized spacial score (nSPS) is 13.0. The van der Waals surface area contributed by atoms with Gasteiger partial charge in [0.25, 0.3) is 0 Å². The summed E-state index contributed by atoms with van der Waals surface area (Å²) >= 11 is 0. The minimum absolute atomic E-state index is 0.0117. The van der Waals surface area contributed by atoms with Crippen LogP contribution in [0.3, 0.4) is 0 Å². The fourth-order valence-electron chi connectivity index (χ4n) is 2.81. The highest BCUT2D eigenvalue weighted by Gasteiger charge is 2.16. The van der Waals surface area contributed by atoms with E-state index in [1.165, 1.54) is 5.56 Å². The number of aromatic nitrogens is 3. The van der Waals surface area contributed by atoms with Crippen LogP contribution < -0.4 is 10.6 Å². The summed E-state index contributed by atoms with van der Waals surface area (Å²) in [5.41, 5.74) is 3.03. The van der Waals surface area contributed by atoms with Gasteiger partial charge >= 0.3 is 6.03 Å². The zero-order valence-electron chi connectivity index (χ0n) is 15.0. The quantitative estimate of drug-likeness (QED) is 0.714. The topological polar surface area (TPSA) is 71.8 Å². The van der Waals surface area contributed by atoms with Gasteiger partial charge in [0.15, 0.2) is 0 Å². The lowest BCUT2D eigenvalue weighted by molar-refractivity contribution is 0.248. The molecule has 1 aromatic heterocycles. The molecule has 3 rings (SSSR count). The average Bonchev–Trinajstić information content (AvgIpc) is 3.15. The van der Waals surface area contributed by atoms with Crippen molar-refractivity contribution in [3.05, 3.63) is 78.4 Å². The molecule has 0 bridgehead atoms. The zero-order chi connectivity index (χ0) is 18.4. The molecule has 2 atom stereocenters. The molecule has 2 N–H and O–H groups in total. The average molecular weight is 349 g/mol. The highest BCUT2D eigenvalue weighted by atomic mass is 16.2. The number of amides is 2. The van der Waals surface area contributed by atoms with Crippen molar-refractivity contribution < 1.29 is 4.79 Å². The van der Waals surface area contributed by atoms with Gasteiger partial charge in [0.05, 0.1) is 6.54 Å². The van der Waals surface area contributed by atoms with Crippen LogP contribution in [0.25, 0.3) is 0 Å². The van der Waals surface area contributed by atoms with E-state index in [-0.39, 0.29) is 18.0 Å². The summed E-state index contributed by atoms with van der Waals surface area (Å²) in [7, 11) is 0. The Hall–Kier alpha value is -3.15. The van der Waals surface area contributed by atoms with E-state index >= 15 is 0 Å². The summed E-state index contributed by atoms with van der Waals surface area (Å²) in [5.74, 6) is 0.224. The molecule has 2 amide bonds. The van der Waals surface area contributed by atoms with Crippen molar-refractivity contribution in [3.8, 4) is 0 Å². The van der Waals surface area contributed by atoms with Crippen LogP contribution in [0.4, 0.5) is 10.5 Å². The molecule has 0 radical (unpaired) electrons. The van der Waals surface area contributed by atoms with E-state index in [2.05, 4.69) is 39.9 Å². The van der Waals surface area contributed by atoms with Crippen molar-refractivity contribution in [1.82, 2.24) is 20.1 Å². The summed E-state index contributed by atoms with van der Waals surface area (Å²) in [4.78, 5) is 12.3. The van der Waals surface area contributed by atoms with Crippen LogP contribution in [-0.2, 0) is 6.54 Å². The molecule has 0 fully saturated rings. The number of benzene rings is 2. The lowest BCUT2D eigenvalue weighted by atomic mass is 9.95. The molecule has 0 unspecified atom stereocenters. The van der Waals surface area contributed by atoms with Crippen LogP contribution in [0.2, 0.25) is 0 Å². The minimum Gasteiger partial charge on any atom is -0.335 e. The number of nitrogens with zero attached hydrogens (tertiary/aromatic N) is 3. The van der Waals surface area contributed by atoms with E-state index in [1.54, 1.807) is 12.7 Å². The molecule has 1 heterocycles. The van der Waals surface area contributed by atoms with E-state index in [4.69, 9.17) is 0 Å². The van der Waals surface area contributed by atoms with Gasteiger partial charge in [0.2, 0.25) is 0 Å². The number of carbonyl (C=O) groups excluding carboxylic acids is 1. The maximum Gasteiger partial charge on any atom is 0.319 e. The third-order valence-corrected chi connectivity index (χ3v) is 4.45. The second-order valence-corrected chi connectivity index (χ2v) is 6.42. The first-order chi connectivity index (χ1) is 12.6. The molecule has 0 aliphatic rings. The molecule has 134 valence electrons. The first-order valence-corrected chi connectivity index (χ1v) is 8.65. The Labute approximate surface area is 153 Å². The molecule has 26 heavy (non-hydrogen) atoms. The van der Waals surface area contributed by atoms with Crippen molar-refractivity contribution >= 4 is 11.7 Å². The van der Waals surface area contributed by atoms with Crippen molar-refractivity contribution in [2.75, 3.05) is 5.32 Å². The molecule has 2 aromatic carbocycles. The Bertz CT molecular complexity index is 832. The van der Waals surface area contributed by atoms with Gasteiger partial charge in [-0.15, -0.1) is 10.2 Å². The Kier molecular flexibility index (Phi) is 5.63. The number of nitrogens with one attached hydrogen (secondary N) is 2. The maximum absolute atomic E-state index is 12.3. The Morgan fingerprint density at radius 1 is 1.04 bits per heavy atom. The Balaban J connectivity index is 1.57. The van der Waals surface area contributed by atoms with E-state index in [0.717, 1.165) is 11.3 Å². The molecule has 3 aromatic rings. The van der Waals surface area contributed by atoms with Crippen molar-refractivity contribution in [2.24, 2.45) is 0 Å². The lowest BCUT2D eigenvalue weighted by Gasteiger charge is -2.22. The summed E-state index contributed by atoms with van der Waals surface area (Å²) in [6.45, 7) is 4.78. The molecule has 0 aliphatic carbocycles. The van der Waals surface area contributed by atoms with Gasteiger partial charge in [-0.05, 0) is 30.2 Å². The number of hydrogen-bond acceptors (Lipinski definition) is 3. The molecular weight excluding hydrogens is 326 g/mol. The fraction of sp³-hybridized carbons (Fsp3) is 0.250. The van der Waals surface area contributed by atoms with Gasteiger partial charge in [-0.1, -0.05) is 49.4 Å². The number of carbonyl (C=O) groups is 1. The molecule has 6 nitrogen and oxygen atoms in total.